The topological polar surface area (TPSA) is 196 Å². The molecule has 1 N–H and O–H groups in total. The van der Waals surface area contributed by atoms with E-state index in [0.29, 0.717) is 0 Å². The number of hydrogen-bond donors (Lipinski definition) is 1. The molecule has 0 aliphatic heterocycles. The quantitative estimate of drug-likeness (QED) is 0.210. The van der Waals surface area contributed by atoms with E-state index in [0.717, 1.165) is 27.7 Å². The smallest absolute Gasteiger partial charge is 0.334 e. The largest absolute Gasteiger partial charge is 0.507 e. The fourth-order valence-corrected chi connectivity index (χ4v) is 5.31. The fraction of sp³-hybridized carbons (Fsp3) is 0.346. The number of rotatable bonds is 4. The van der Waals surface area contributed by atoms with Crippen molar-refractivity contribution in [1.29, 1.82) is 0 Å². The minimum absolute atomic E-state index is 0.201. The average Bonchev–Trinajstić information content (AvgIpc) is 3.16. The molecular weight excluding hydrogens is 516 g/mol. The highest BCUT2D eigenvalue weighted by Crippen LogP contribution is 2.49. The molecule has 202 valence electrons. The molecule has 0 radical (unpaired) electrons. The number of aromatic hydroxyl groups is 1. The standard InChI is InChI=1S/C26H22N2O11/c1-9(29)36-23-17-16-18(22(35)15-13(21(16)34)7-6-8-14(15)33)20(28-27)19(17)24(37-10(2)30)26(5,39-12(4)32)25(23)38-11(3)31/h6-8,23-25,33H,1-5H3/t23-,24-,25-,26-/m1/s1. The van der Waals surface area contributed by atoms with Crippen LogP contribution in [0.2, 0.25) is 0 Å². The zero-order valence-electron chi connectivity index (χ0n) is 21.4. The fourth-order valence-electron chi connectivity index (χ4n) is 5.31. The van der Waals surface area contributed by atoms with Crippen LogP contribution in [0, 0.1) is 10.4 Å². The maximum absolute atomic E-state index is 13.8. The lowest BCUT2D eigenvalue weighted by atomic mass is 9.75. The molecule has 3 aliphatic rings. The summed E-state index contributed by atoms with van der Waals surface area (Å²) in [6, 6.07) is 3.81. The molecule has 13 heteroatoms. The van der Waals surface area contributed by atoms with Crippen LogP contribution < -0.4 is 16.2 Å². The van der Waals surface area contributed by atoms with Gasteiger partial charge in [0.25, 0.3) is 0 Å². The van der Waals surface area contributed by atoms with E-state index in [9.17, 15) is 39.4 Å². The van der Waals surface area contributed by atoms with Gasteiger partial charge >= 0.3 is 29.2 Å². The first kappa shape index (κ1) is 27.1. The van der Waals surface area contributed by atoms with Crippen LogP contribution in [0.5, 0.6) is 5.75 Å². The summed E-state index contributed by atoms with van der Waals surface area (Å²) in [7, 11) is 0. The van der Waals surface area contributed by atoms with Crippen molar-refractivity contribution in [2.75, 3.05) is 0 Å². The van der Waals surface area contributed by atoms with Crippen molar-refractivity contribution in [3.05, 3.63) is 71.1 Å². The van der Waals surface area contributed by atoms with Crippen LogP contribution in [-0.4, -0.2) is 45.5 Å². The lowest BCUT2D eigenvalue weighted by molar-refractivity contribution is -0.234. The highest BCUT2D eigenvalue weighted by atomic mass is 16.6. The zero-order valence-corrected chi connectivity index (χ0v) is 21.4. The van der Waals surface area contributed by atoms with Crippen LogP contribution in [0.1, 0.15) is 58.0 Å². The highest BCUT2D eigenvalue weighted by Gasteiger charge is 2.61. The normalized spacial score (nSPS) is 22.0. The van der Waals surface area contributed by atoms with E-state index < -0.39 is 75.0 Å². The Balaban J connectivity index is 2.36. The van der Waals surface area contributed by atoms with Gasteiger partial charge in [-0.05, 0) is 13.0 Å². The van der Waals surface area contributed by atoms with Crippen LogP contribution in [0.4, 0.5) is 0 Å². The maximum Gasteiger partial charge on any atom is 0.334 e. The number of fused-ring (bicyclic) bond motifs is 3. The van der Waals surface area contributed by atoms with Gasteiger partial charge in [0.1, 0.15) is 11.0 Å². The van der Waals surface area contributed by atoms with Gasteiger partial charge in [-0.2, -0.15) is 4.79 Å². The summed E-state index contributed by atoms with van der Waals surface area (Å²) in [5, 5.41) is 8.40. The lowest BCUT2D eigenvalue weighted by Gasteiger charge is -2.46. The van der Waals surface area contributed by atoms with Gasteiger partial charge < -0.3 is 29.6 Å². The average molecular weight is 538 g/mol. The molecule has 13 nitrogen and oxygen atoms in total. The first-order valence-electron chi connectivity index (χ1n) is 11.6. The van der Waals surface area contributed by atoms with E-state index in [1.165, 1.54) is 25.1 Å². The lowest BCUT2D eigenvalue weighted by Crippen LogP contribution is -2.58. The molecule has 0 aromatic heterocycles. The number of phenols is 1. The summed E-state index contributed by atoms with van der Waals surface area (Å²) in [5.41, 5.74) is 5.71. The number of esters is 4. The van der Waals surface area contributed by atoms with E-state index in [1.807, 2.05) is 0 Å². The van der Waals surface area contributed by atoms with Gasteiger partial charge in [0.15, 0.2) is 29.3 Å². The maximum atomic E-state index is 13.8. The molecule has 4 rings (SSSR count). The summed E-state index contributed by atoms with van der Waals surface area (Å²) < 4.78 is 22.0. The van der Waals surface area contributed by atoms with E-state index >= 15 is 0 Å². The van der Waals surface area contributed by atoms with Gasteiger partial charge in [0.05, 0.1) is 10.9 Å². The predicted octanol–water partition coefficient (Wildman–Crippen LogP) is 0.472. The first-order chi connectivity index (χ1) is 18.2. The molecule has 0 bridgehead atoms. The molecule has 0 heterocycles. The van der Waals surface area contributed by atoms with Crippen molar-refractivity contribution in [2.45, 2.75) is 58.5 Å². The number of phenolic OH excluding ortho intramolecular Hbond substituents is 1. The highest BCUT2D eigenvalue weighted by molar-refractivity contribution is 5.88. The Labute approximate surface area is 218 Å². The molecule has 0 unspecified atom stereocenters. The van der Waals surface area contributed by atoms with Crippen LogP contribution in [0.25, 0.3) is 16.3 Å². The molecule has 0 saturated heterocycles. The number of ether oxygens (including phenoxy) is 4. The van der Waals surface area contributed by atoms with Crippen molar-refractivity contribution in [3.8, 4) is 5.75 Å². The third-order valence-electron chi connectivity index (χ3n) is 6.51. The Morgan fingerprint density at radius 2 is 1.49 bits per heavy atom. The summed E-state index contributed by atoms with van der Waals surface area (Å²) in [6.07, 6.45) is -5.12. The van der Waals surface area contributed by atoms with Gasteiger partial charge in [-0.25, -0.2) is 0 Å². The van der Waals surface area contributed by atoms with E-state index in [2.05, 4.69) is 4.79 Å². The van der Waals surface area contributed by atoms with Crippen LogP contribution >= 0.6 is 0 Å². The number of benzene rings is 1. The minimum Gasteiger partial charge on any atom is -0.507 e. The molecule has 4 atom stereocenters. The van der Waals surface area contributed by atoms with Gasteiger partial charge in [-0.1, -0.05) is 12.1 Å². The predicted molar refractivity (Wildman–Crippen MR) is 127 cm³/mol. The molecule has 1 aromatic rings. The Morgan fingerprint density at radius 3 is 2.03 bits per heavy atom. The summed E-state index contributed by atoms with van der Waals surface area (Å²) in [4.78, 5) is 79.7. The Hall–Kier alpha value is -4.90. The van der Waals surface area contributed by atoms with Crippen LogP contribution in [-0.2, 0) is 38.1 Å². The molecule has 0 amide bonds. The van der Waals surface area contributed by atoms with Crippen molar-refractivity contribution in [3.63, 3.8) is 0 Å². The molecule has 1 aromatic carbocycles. The van der Waals surface area contributed by atoms with Crippen LogP contribution in [0.15, 0.2) is 27.8 Å². The van der Waals surface area contributed by atoms with Crippen molar-refractivity contribution >= 4 is 34.6 Å². The molecule has 0 spiro atoms. The SMILES string of the molecule is CC(=O)O[C@@H]1c2c(c(=[N+]=[N-])c3c(=O)c4c(O)cccc4c(=O)c2=3)[C@@H](OC(C)=O)[C@@](C)(OC(C)=O)[C@@H]1OC(C)=O. The summed E-state index contributed by atoms with van der Waals surface area (Å²) in [5.74, 6) is -4.18. The second kappa shape index (κ2) is 9.44. The monoisotopic (exact) mass is 538 g/mol. The third-order valence-corrected chi connectivity index (χ3v) is 6.51. The molecule has 39 heavy (non-hydrogen) atoms. The Kier molecular flexibility index (Phi) is 6.57. The summed E-state index contributed by atoms with van der Waals surface area (Å²) in [6.45, 7) is 5.33. The molecule has 0 saturated carbocycles. The van der Waals surface area contributed by atoms with E-state index in [4.69, 9.17) is 18.9 Å². The Bertz CT molecular complexity index is 1830. The van der Waals surface area contributed by atoms with Gasteiger partial charge in [-0.3, -0.25) is 28.8 Å². The van der Waals surface area contributed by atoms with Gasteiger partial charge in [0.2, 0.25) is 5.43 Å². The zero-order chi connectivity index (χ0) is 29.0. The molecule has 3 aliphatic carbocycles. The van der Waals surface area contributed by atoms with E-state index in [-0.39, 0.29) is 27.1 Å². The number of carbonyl (C=O) groups excluding carboxylic acids is 4. The number of hydrogen-bond acceptors (Lipinski definition) is 11. The third kappa shape index (κ3) is 4.12. The first-order valence-corrected chi connectivity index (χ1v) is 11.6. The van der Waals surface area contributed by atoms with Crippen molar-refractivity contribution < 1.29 is 48.0 Å². The molecular formula is C26H22N2O11. The Morgan fingerprint density at radius 1 is 0.872 bits per heavy atom. The molecule has 0 fully saturated rings. The van der Waals surface area contributed by atoms with Gasteiger partial charge in [0, 0.05) is 43.9 Å². The van der Waals surface area contributed by atoms with Crippen molar-refractivity contribution in [2.24, 2.45) is 0 Å². The van der Waals surface area contributed by atoms with E-state index in [1.54, 1.807) is 0 Å². The summed E-state index contributed by atoms with van der Waals surface area (Å²) >= 11 is 0. The minimum atomic E-state index is -2.12. The second-order valence-electron chi connectivity index (χ2n) is 9.21. The number of carbonyl (C=O) groups is 4. The second-order valence-corrected chi connectivity index (χ2v) is 9.21. The number of nitrogens with zero attached hydrogens (tertiary/aromatic N) is 2. The van der Waals surface area contributed by atoms with Crippen LogP contribution in [0.3, 0.4) is 0 Å². The van der Waals surface area contributed by atoms with Crippen molar-refractivity contribution in [1.82, 2.24) is 0 Å². The van der Waals surface area contributed by atoms with Gasteiger partial charge in [-0.15, -0.1) is 0 Å².